The molecule has 0 amide bonds. The van der Waals surface area contributed by atoms with Gasteiger partial charge in [0.05, 0.1) is 17.7 Å². The average molecular weight is 345 g/mol. The van der Waals surface area contributed by atoms with Crippen LogP contribution in [0, 0.1) is 6.92 Å². The molecular formula is C11H14F3NO6S. The number of nitrogens with one attached hydrogen (secondary N) is 1. The number of pyridine rings is 1. The summed E-state index contributed by atoms with van der Waals surface area (Å²) in [5.41, 5.74) is -3.18. The summed E-state index contributed by atoms with van der Waals surface area (Å²) in [5, 5.41) is 9.82. The minimum Gasteiger partial charge on any atom is -0.741 e. The Morgan fingerprint density at radius 2 is 2.09 bits per heavy atom. The number of aromatic nitrogens is 1. The van der Waals surface area contributed by atoms with E-state index in [2.05, 4.69) is 4.98 Å². The van der Waals surface area contributed by atoms with E-state index >= 15 is 0 Å². The molecule has 11 heteroatoms. The van der Waals surface area contributed by atoms with Gasteiger partial charge in [0.1, 0.15) is 0 Å². The number of hydrogen-bond acceptors (Lipinski definition) is 6. The molecule has 0 aliphatic carbocycles. The number of rotatable bonds is 2. The summed E-state index contributed by atoms with van der Waals surface area (Å²) in [4.78, 5) is 2.98. The van der Waals surface area contributed by atoms with Crippen molar-refractivity contribution in [3.63, 3.8) is 0 Å². The van der Waals surface area contributed by atoms with Crippen molar-refractivity contribution < 1.29 is 45.7 Å². The van der Waals surface area contributed by atoms with Gasteiger partial charge in [-0.15, -0.1) is 0 Å². The van der Waals surface area contributed by atoms with Crippen LogP contribution in [0.3, 0.4) is 0 Å². The molecular weight excluding hydrogens is 331 g/mol. The number of aromatic hydroxyl groups is 1. The minimum atomic E-state index is -6.09. The van der Waals surface area contributed by atoms with E-state index < -0.39 is 21.9 Å². The molecule has 0 fully saturated rings. The van der Waals surface area contributed by atoms with E-state index in [-0.39, 0.29) is 5.75 Å². The van der Waals surface area contributed by atoms with Gasteiger partial charge in [0, 0.05) is 13.5 Å². The number of ether oxygens (including phenoxy) is 2. The monoisotopic (exact) mass is 345 g/mol. The summed E-state index contributed by atoms with van der Waals surface area (Å²) in [7, 11) is -6.09. The van der Waals surface area contributed by atoms with Gasteiger partial charge in [-0.05, 0) is 6.92 Å². The minimum absolute atomic E-state index is 0.249. The Morgan fingerprint density at radius 3 is 2.55 bits per heavy atom. The van der Waals surface area contributed by atoms with Crippen molar-refractivity contribution in [2.45, 2.75) is 32.3 Å². The summed E-state index contributed by atoms with van der Waals surface area (Å²) < 4.78 is 69.7. The molecule has 1 aliphatic heterocycles. The van der Waals surface area contributed by atoms with Gasteiger partial charge in [-0.1, -0.05) is 0 Å². The van der Waals surface area contributed by atoms with Gasteiger partial charge in [0.15, 0.2) is 28.4 Å². The molecule has 22 heavy (non-hydrogen) atoms. The summed E-state index contributed by atoms with van der Waals surface area (Å²) in [5.74, 6) is 0.249. The molecule has 2 N–H and O–H groups in total. The summed E-state index contributed by atoms with van der Waals surface area (Å²) in [6.45, 7) is 4.78. The molecule has 126 valence electrons. The molecule has 1 aromatic heterocycles. The quantitative estimate of drug-likeness (QED) is 0.635. The number of aromatic amines is 1. The highest BCUT2D eigenvalue weighted by atomic mass is 32.2. The fourth-order valence-electron chi connectivity index (χ4n) is 1.61. The first-order valence-corrected chi connectivity index (χ1v) is 7.38. The lowest BCUT2D eigenvalue weighted by Gasteiger charge is -2.11. The number of H-pyrrole nitrogens is 1. The van der Waals surface area contributed by atoms with Gasteiger partial charge in [0.2, 0.25) is 5.69 Å². The maximum atomic E-state index is 10.7. The average Bonchev–Trinajstić information content (AvgIpc) is 2.77. The molecule has 1 atom stereocenters. The van der Waals surface area contributed by atoms with Gasteiger partial charge in [-0.3, -0.25) is 0 Å². The van der Waals surface area contributed by atoms with Gasteiger partial charge >= 0.3 is 5.51 Å². The van der Waals surface area contributed by atoms with E-state index in [9.17, 15) is 18.3 Å². The van der Waals surface area contributed by atoms with Crippen LogP contribution in [0.25, 0.3) is 0 Å². The molecule has 0 saturated carbocycles. The van der Waals surface area contributed by atoms with Crippen molar-refractivity contribution in [3.05, 3.63) is 23.0 Å². The zero-order valence-corrected chi connectivity index (χ0v) is 12.4. The first-order chi connectivity index (χ1) is 9.99. The van der Waals surface area contributed by atoms with Crippen LogP contribution in [-0.4, -0.2) is 30.2 Å². The molecule has 1 aliphatic rings. The fraction of sp³-hybridized carbons (Fsp3) is 0.545. The Balaban J connectivity index is 0.000000261. The maximum absolute atomic E-state index is 10.7. The molecule has 1 unspecified atom stereocenters. The molecule has 7 nitrogen and oxygen atoms in total. The number of halogens is 3. The van der Waals surface area contributed by atoms with Crippen LogP contribution in [0.5, 0.6) is 5.75 Å². The van der Waals surface area contributed by atoms with Crippen LogP contribution in [0.4, 0.5) is 13.2 Å². The molecule has 0 spiro atoms. The van der Waals surface area contributed by atoms with Crippen molar-refractivity contribution in [2.24, 2.45) is 0 Å². The van der Waals surface area contributed by atoms with E-state index in [1.807, 2.05) is 20.0 Å². The third-order valence-electron chi connectivity index (χ3n) is 2.65. The first kappa shape index (κ1) is 18.6. The topological polar surface area (TPSA) is 110 Å². The normalized spacial score (nSPS) is 17.6. The SMILES string of the molecule is CCOC1OCc2c[nH+]c(C)c(O)c21.O=S(=O)([O-])C(F)(F)F. The first-order valence-electron chi connectivity index (χ1n) is 5.97. The molecule has 0 bridgehead atoms. The van der Waals surface area contributed by atoms with Crippen molar-refractivity contribution in [3.8, 4) is 5.75 Å². The van der Waals surface area contributed by atoms with Crippen LogP contribution in [0.15, 0.2) is 6.20 Å². The molecule has 0 radical (unpaired) electrons. The van der Waals surface area contributed by atoms with E-state index in [4.69, 9.17) is 22.4 Å². The molecule has 1 aromatic rings. The Hall–Kier alpha value is -1.43. The number of alkyl halides is 3. The van der Waals surface area contributed by atoms with E-state index in [1.165, 1.54) is 0 Å². The Morgan fingerprint density at radius 1 is 1.55 bits per heavy atom. The van der Waals surface area contributed by atoms with E-state index in [0.717, 1.165) is 16.8 Å². The summed E-state index contributed by atoms with van der Waals surface area (Å²) in [6.07, 6.45) is 1.44. The highest BCUT2D eigenvalue weighted by Gasteiger charge is 2.37. The lowest BCUT2D eigenvalue weighted by atomic mass is 10.1. The van der Waals surface area contributed by atoms with Crippen LogP contribution in [0.1, 0.15) is 30.0 Å². The van der Waals surface area contributed by atoms with Crippen molar-refractivity contribution >= 4 is 10.1 Å². The molecule has 2 rings (SSSR count). The van der Waals surface area contributed by atoms with Crippen LogP contribution in [-0.2, 0) is 26.2 Å². The highest BCUT2D eigenvalue weighted by Crippen LogP contribution is 2.37. The smallest absolute Gasteiger partial charge is 0.485 e. The third kappa shape index (κ3) is 4.29. The second-order valence-corrected chi connectivity index (χ2v) is 5.57. The van der Waals surface area contributed by atoms with E-state index in [0.29, 0.717) is 13.2 Å². The van der Waals surface area contributed by atoms with Crippen molar-refractivity contribution in [1.29, 1.82) is 0 Å². The molecule has 2 heterocycles. The predicted octanol–water partition coefficient (Wildman–Crippen LogP) is 1.13. The zero-order valence-electron chi connectivity index (χ0n) is 11.6. The fourth-order valence-corrected chi connectivity index (χ4v) is 1.61. The number of hydrogen-bond donors (Lipinski definition) is 1. The van der Waals surface area contributed by atoms with Crippen LogP contribution < -0.4 is 4.98 Å². The summed E-state index contributed by atoms with van der Waals surface area (Å²) >= 11 is 0. The molecule has 0 saturated heterocycles. The number of aryl methyl sites for hydroxylation is 1. The van der Waals surface area contributed by atoms with E-state index in [1.54, 1.807) is 0 Å². The van der Waals surface area contributed by atoms with Gasteiger partial charge in [-0.2, -0.15) is 13.2 Å². The highest BCUT2D eigenvalue weighted by molar-refractivity contribution is 7.86. The third-order valence-corrected chi connectivity index (χ3v) is 3.21. The molecule has 0 aromatic carbocycles. The van der Waals surface area contributed by atoms with Crippen molar-refractivity contribution in [1.82, 2.24) is 0 Å². The second-order valence-electron chi connectivity index (χ2n) is 4.20. The summed E-state index contributed by atoms with van der Waals surface area (Å²) in [6, 6.07) is 0. The Labute approximate surface area is 124 Å². The van der Waals surface area contributed by atoms with Crippen LogP contribution in [0.2, 0.25) is 0 Å². The van der Waals surface area contributed by atoms with Gasteiger partial charge in [-0.25, -0.2) is 13.4 Å². The zero-order chi connectivity index (χ0) is 17.1. The largest absolute Gasteiger partial charge is 0.741 e. The van der Waals surface area contributed by atoms with Gasteiger partial charge in [0.25, 0.3) is 0 Å². The maximum Gasteiger partial charge on any atom is 0.485 e. The Kier molecular flexibility index (Phi) is 5.73. The Bertz CT molecular complexity index is 629. The standard InChI is InChI=1S/C10H13NO3.CHF3O3S/c1-3-13-10-8-7(5-14-10)4-11-6(2)9(8)12;2-1(3,4)8(5,6)7/h4,10,12H,3,5H2,1-2H3;(H,5,6,7). The predicted molar refractivity (Wildman–Crippen MR) is 64.3 cm³/mol. The van der Waals surface area contributed by atoms with Crippen molar-refractivity contribution in [2.75, 3.05) is 6.61 Å². The van der Waals surface area contributed by atoms with Gasteiger partial charge < -0.3 is 19.1 Å². The lowest BCUT2D eigenvalue weighted by molar-refractivity contribution is -0.389. The second kappa shape index (κ2) is 6.77. The number of fused-ring (bicyclic) bond motifs is 1. The van der Waals surface area contributed by atoms with Crippen LogP contribution >= 0.6 is 0 Å². The lowest BCUT2D eigenvalue weighted by Crippen LogP contribution is -2.21.